The van der Waals surface area contributed by atoms with Gasteiger partial charge in [-0.25, -0.2) is 13.0 Å². The van der Waals surface area contributed by atoms with Gasteiger partial charge in [0.1, 0.15) is 19.8 Å². The standard InChI is InChI=1S/C21H28NO.CHF3O3S/c1-14-12-19(16-6-7-16)20(13-15(14)2)21(22(3)4)17-8-10-18(23-5)11-9-17;2-1(3,4)8(5,6)7/h8-11,16H,6-7,12-13H2,1-5H3;(H,5,6,7)/q+1;/p-1. The van der Waals surface area contributed by atoms with Gasteiger partial charge in [0.05, 0.1) is 7.11 Å². The average Bonchev–Trinajstić information content (AvgIpc) is 3.49. The zero-order valence-corrected chi connectivity index (χ0v) is 19.2. The van der Waals surface area contributed by atoms with E-state index in [1.165, 1.54) is 36.1 Å². The van der Waals surface area contributed by atoms with Gasteiger partial charge >= 0.3 is 5.51 Å². The highest BCUT2D eigenvalue weighted by molar-refractivity contribution is 7.86. The second-order valence-corrected chi connectivity index (χ2v) is 9.43. The number of rotatable bonds is 4. The van der Waals surface area contributed by atoms with E-state index in [9.17, 15) is 13.2 Å². The number of halogens is 3. The van der Waals surface area contributed by atoms with Crippen LogP contribution >= 0.6 is 0 Å². The van der Waals surface area contributed by atoms with Crippen molar-refractivity contribution in [2.24, 2.45) is 5.92 Å². The van der Waals surface area contributed by atoms with Gasteiger partial charge in [0, 0.05) is 11.1 Å². The zero-order valence-electron chi connectivity index (χ0n) is 18.3. The van der Waals surface area contributed by atoms with E-state index in [2.05, 4.69) is 56.8 Å². The van der Waals surface area contributed by atoms with Crippen LogP contribution < -0.4 is 4.74 Å². The van der Waals surface area contributed by atoms with Gasteiger partial charge in [0.15, 0.2) is 10.1 Å². The third-order valence-corrected chi connectivity index (χ3v) is 6.03. The first-order valence-corrected chi connectivity index (χ1v) is 11.3. The maximum absolute atomic E-state index is 10.7. The summed E-state index contributed by atoms with van der Waals surface area (Å²) in [5.74, 6) is 1.74. The fraction of sp³-hybridized carbons (Fsp3) is 0.500. The third-order valence-electron chi connectivity index (χ3n) is 5.46. The van der Waals surface area contributed by atoms with Gasteiger partial charge in [-0.3, -0.25) is 0 Å². The first kappa shape index (κ1) is 25.1. The molecule has 0 atom stereocenters. The summed E-state index contributed by atoms with van der Waals surface area (Å²) in [6.07, 6.45) is 5.00. The summed E-state index contributed by atoms with van der Waals surface area (Å²) < 4.78 is 66.5. The summed E-state index contributed by atoms with van der Waals surface area (Å²) in [6, 6.07) is 8.50. The quantitative estimate of drug-likeness (QED) is 0.216. The van der Waals surface area contributed by atoms with Gasteiger partial charge in [-0.05, 0) is 69.7 Å². The molecule has 1 saturated carbocycles. The molecular formula is C22H28F3NO4S. The average molecular weight is 460 g/mol. The topological polar surface area (TPSA) is 69.4 Å². The molecule has 0 aromatic heterocycles. The van der Waals surface area contributed by atoms with Crippen molar-refractivity contribution in [3.8, 4) is 5.75 Å². The Morgan fingerprint density at radius 3 is 1.94 bits per heavy atom. The lowest BCUT2D eigenvalue weighted by Crippen LogP contribution is -2.22. The predicted molar refractivity (Wildman–Crippen MR) is 112 cm³/mol. The monoisotopic (exact) mass is 459 g/mol. The lowest BCUT2D eigenvalue weighted by atomic mass is 9.81. The first-order valence-electron chi connectivity index (χ1n) is 9.84. The second kappa shape index (κ2) is 9.56. The van der Waals surface area contributed by atoms with E-state index >= 15 is 0 Å². The van der Waals surface area contributed by atoms with Crippen molar-refractivity contribution < 1.29 is 35.5 Å². The Kier molecular flexibility index (Phi) is 7.75. The molecule has 2 aliphatic carbocycles. The molecule has 0 radical (unpaired) electrons. The predicted octanol–water partition coefficient (Wildman–Crippen LogP) is 4.64. The van der Waals surface area contributed by atoms with E-state index in [0.717, 1.165) is 18.1 Å². The van der Waals surface area contributed by atoms with Gasteiger partial charge in [0.2, 0.25) is 5.71 Å². The summed E-state index contributed by atoms with van der Waals surface area (Å²) in [5.41, 5.74) is 3.38. The summed E-state index contributed by atoms with van der Waals surface area (Å²) in [5, 5.41) is 0. The van der Waals surface area contributed by atoms with Crippen molar-refractivity contribution in [2.75, 3.05) is 21.2 Å². The molecule has 0 heterocycles. The third kappa shape index (κ3) is 6.43. The number of methoxy groups -OCH3 is 1. The van der Waals surface area contributed by atoms with E-state index in [-0.39, 0.29) is 0 Å². The van der Waals surface area contributed by atoms with Crippen LogP contribution in [0.25, 0.3) is 0 Å². The first-order chi connectivity index (χ1) is 14.3. The fourth-order valence-electron chi connectivity index (χ4n) is 3.58. The van der Waals surface area contributed by atoms with Gasteiger partial charge in [-0.1, -0.05) is 16.7 Å². The number of nitrogens with zero attached hydrogens (tertiary/aromatic N) is 1. The zero-order chi connectivity index (χ0) is 23.6. The fourth-order valence-corrected chi connectivity index (χ4v) is 3.58. The maximum atomic E-state index is 10.7. The molecule has 172 valence electrons. The lowest BCUT2D eigenvalue weighted by Gasteiger charge is -2.23. The van der Waals surface area contributed by atoms with Crippen molar-refractivity contribution in [2.45, 2.75) is 45.0 Å². The van der Waals surface area contributed by atoms with E-state index in [4.69, 9.17) is 17.7 Å². The molecule has 0 unspecified atom stereocenters. The number of hydrogen-bond donors (Lipinski definition) is 0. The van der Waals surface area contributed by atoms with Crippen molar-refractivity contribution in [1.29, 1.82) is 0 Å². The summed E-state index contributed by atoms with van der Waals surface area (Å²) in [4.78, 5) is 0. The molecule has 0 amide bonds. The minimum Gasteiger partial charge on any atom is -0.741 e. The summed E-state index contributed by atoms with van der Waals surface area (Å²) in [7, 11) is -0.0421. The van der Waals surface area contributed by atoms with Crippen LogP contribution in [0.15, 0.2) is 46.6 Å². The molecule has 9 heteroatoms. The number of allylic oxidation sites excluding steroid dienone is 4. The second-order valence-electron chi connectivity index (χ2n) is 8.06. The Bertz CT molecular complexity index is 1010. The Hall–Kier alpha value is -2.13. The van der Waals surface area contributed by atoms with E-state index in [1.807, 2.05) is 0 Å². The number of benzene rings is 1. The molecular weight excluding hydrogens is 431 g/mol. The normalized spacial score (nSPS) is 17.2. The number of alkyl halides is 3. The van der Waals surface area contributed by atoms with Gasteiger partial charge < -0.3 is 9.29 Å². The molecule has 0 saturated heterocycles. The lowest BCUT2D eigenvalue weighted by molar-refractivity contribution is -0.463. The van der Waals surface area contributed by atoms with Crippen LogP contribution in [0, 0.1) is 5.92 Å². The van der Waals surface area contributed by atoms with E-state index < -0.39 is 15.6 Å². The molecule has 0 spiro atoms. The van der Waals surface area contributed by atoms with Gasteiger partial charge in [-0.15, -0.1) is 0 Å². The molecule has 2 aliphatic rings. The Balaban J connectivity index is 0.000000366. The van der Waals surface area contributed by atoms with Gasteiger partial charge in [-0.2, -0.15) is 13.2 Å². The summed E-state index contributed by atoms with van der Waals surface area (Å²) >= 11 is 0. The summed E-state index contributed by atoms with van der Waals surface area (Å²) in [6.45, 7) is 4.59. The minimum atomic E-state index is -6.09. The molecule has 0 aliphatic heterocycles. The Morgan fingerprint density at radius 1 is 1.06 bits per heavy atom. The number of hydrogen-bond acceptors (Lipinski definition) is 4. The smallest absolute Gasteiger partial charge is 0.485 e. The largest absolute Gasteiger partial charge is 0.741 e. The minimum absolute atomic E-state index is 0.821. The molecule has 3 rings (SSSR count). The van der Waals surface area contributed by atoms with Crippen LogP contribution in [0.1, 0.15) is 45.1 Å². The van der Waals surface area contributed by atoms with Crippen molar-refractivity contribution >= 4 is 15.8 Å². The number of ether oxygens (including phenoxy) is 1. The Morgan fingerprint density at radius 2 is 1.55 bits per heavy atom. The van der Waals surface area contributed by atoms with Gasteiger partial charge in [0.25, 0.3) is 0 Å². The van der Waals surface area contributed by atoms with Crippen LogP contribution in [-0.4, -0.2) is 50.0 Å². The molecule has 1 aromatic carbocycles. The maximum Gasteiger partial charge on any atom is 0.485 e. The van der Waals surface area contributed by atoms with Crippen molar-refractivity contribution in [1.82, 2.24) is 0 Å². The molecule has 1 fully saturated rings. The SMILES string of the molecule is COc1ccc(C(C2=C(C3CC3)CC(C)=C(C)C2)=[N+](C)C)cc1.O=S(=O)([O-])C(F)(F)F. The molecule has 0 bridgehead atoms. The highest BCUT2D eigenvalue weighted by atomic mass is 32.2. The highest BCUT2D eigenvalue weighted by Crippen LogP contribution is 2.45. The van der Waals surface area contributed by atoms with Crippen molar-refractivity contribution in [3.05, 3.63) is 52.1 Å². The van der Waals surface area contributed by atoms with Crippen LogP contribution in [-0.2, 0) is 10.1 Å². The molecule has 31 heavy (non-hydrogen) atoms. The van der Waals surface area contributed by atoms with E-state index in [0.29, 0.717) is 0 Å². The van der Waals surface area contributed by atoms with Crippen LogP contribution in [0.3, 0.4) is 0 Å². The molecule has 5 nitrogen and oxygen atoms in total. The van der Waals surface area contributed by atoms with Crippen LogP contribution in [0.4, 0.5) is 13.2 Å². The highest BCUT2D eigenvalue weighted by Gasteiger charge is 2.37. The van der Waals surface area contributed by atoms with Crippen LogP contribution in [0.2, 0.25) is 0 Å². The molecule has 0 N–H and O–H groups in total. The van der Waals surface area contributed by atoms with E-state index in [1.54, 1.807) is 23.8 Å². The van der Waals surface area contributed by atoms with Crippen LogP contribution in [0.5, 0.6) is 5.75 Å². The molecule has 1 aromatic rings. The van der Waals surface area contributed by atoms with Crippen molar-refractivity contribution in [3.63, 3.8) is 0 Å². The Labute approximate surface area is 181 Å².